The molecule has 0 bridgehead atoms. The molecule has 0 N–H and O–H groups in total. The Morgan fingerprint density at radius 2 is 1.83 bits per heavy atom. The number of benzene rings is 1. The van der Waals surface area contributed by atoms with E-state index in [-0.39, 0.29) is 11.3 Å². The molecule has 94 valence electrons. The molecule has 0 atom stereocenters. The molecule has 1 aromatic carbocycles. The number of carbonyl (C=O) groups excluding carboxylic acids is 1. The van der Waals surface area contributed by atoms with Crippen LogP contribution in [0.2, 0.25) is 0 Å². The molecule has 3 nitrogen and oxygen atoms in total. The zero-order chi connectivity index (χ0) is 13.2. The van der Waals surface area contributed by atoms with Crippen molar-refractivity contribution in [2.45, 2.75) is 26.7 Å². The summed E-state index contributed by atoms with van der Waals surface area (Å²) in [5.74, 6) is 0.0787. The predicted molar refractivity (Wildman–Crippen MR) is 70.0 cm³/mol. The van der Waals surface area contributed by atoms with Crippen molar-refractivity contribution in [1.29, 1.82) is 5.26 Å². The molecule has 2 rings (SSSR count). The maximum absolute atomic E-state index is 12.3. The summed E-state index contributed by atoms with van der Waals surface area (Å²) in [4.78, 5) is 14.1. The molecule has 1 aliphatic heterocycles. The average molecular weight is 242 g/mol. The first kappa shape index (κ1) is 12.6. The zero-order valence-electron chi connectivity index (χ0n) is 10.9. The fraction of sp³-hybridized carbons (Fsp3) is 0.467. The first-order valence-electron chi connectivity index (χ1n) is 6.31. The molecule has 1 saturated heterocycles. The molecule has 1 heterocycles. The minimum atomic E-state index is -0.260. The van der Waals surface area contributed by atoms with E-state index >= 15 is 0 Å². The Bertz CT molecular complexity index is 476. The van der Waals surface area contributed by atoms with Gasteiger partial charge >= 0.3 is 0 Å². The highest BCUT2D eigenvalue weighted by molar-refractivity contribution is 5.94. The lowest BCUT2D eigenvalue weighted by atomic mass is 9.82. The smallest absolute Gasteiger partial charge is 0.253 e. The number of piperidine rings is 1. The number of aryl methyl sites for hydroxylation is 1. The van der Waals surface area contributed by atoms with Crippen LogP contribution in [0.5, 0.6) is 0 Å². The molecule has 3 heteroatoms. The van der Waals surface area contributed by atoms with Gasteiger partial charge < -0.3 is 4.90 Å². The van der Waals surface area contributed by atoms with Gasteiger partial charge in [-0.3, -0.25) is 4.79 Å². The van der Waals surface area contributed by atoms with E-state index in [1.54, 1.807) is 0 Å². The van der Waals surface area contributed by atoms with Gasteiger partial charge in [0.05, 0.1) is 11.5 Å². The SMILES string of the molecule is Cc1ccc(C(=O)N2CCC(C)(C#N)CC2)cc1. The lowest BCUT2D eigenvalue weighted by Gasteiger charge is -2.35. The van der Waals surface area contributed by atoms with Crippen LogP contribution in [-0.2, 0) is 0 Å². The van der Waals surface area contributed by atoms with Crippen molar-refractivity contribution in [2.75, 3.05) is 13.1 Å². The normalized spacial score (nSPS) is 18.2. The van der Waals surface area contributed by atoms with Gasteiger partial charge in [0.2, 0.25) is 0 Å². The van der Waals surface area contributed by atoms with Crippen LogP contribution in [0.25, 0.3) is 0 Å². The van der Waals surface area contributed by atoms with Gasteiger partial charge in [0.15, 0.2) is 0 Å². The topological polar surface area (TPSA) is 44.1 Å². The van der Waals surface area contributed by atoms with E-state index in [9.17, 15) is 4.79 Å². The van der Waals surface area contributed by atoms with Crippen LogP contribution in [0.3, 0.4) is 0 Å². The monoisotopic (exact) mass is 242 g/mol. The quantitative estimate of drug-likeness (QED) is 0.760. The van der Waals surface area contributed by atoms with Gasteiger partial charge in [-0.2, -0.15) is 5.26 Å². The zero-order valence-corrected chi connectivity index (χ0v) is 10.9. The first-order valence-corrected chi connectivity index (χ1v) is 6.31. The molecule has 0 aromatic heterocycles. The van der Waals surface area contributed by atoms with E-state index in [0.717, 1.165) is 24.0 Å². The fourth-order valence-corrected chi connectivity index (χ4v) is 2.19. The number of hydrogen-bond acceptors (Lipinski definition) is 2. The summed E-state index contributed by atoms with van der Waals surface area (Å²) in [6.45, 7) is 5.34. The van der Waals surface area contributed by atoms with Crippen molar-refractivity contribution in [3.05, 3.63) is 35.4 Å². The third-order valence-electron chi connectivity index (χ3n) is 3.72. The maximum atomic E-state index is 12.3. The summed E-state index contributed by atoms with van der Waals surface area (Å²) in [5.41, 5.74) is 1.63. The second-order valence-electron chi connectivity index (χ2n) is 5.33. The molecule has 18 heavy (non-hydrogen) atoms. The molecule has 1 aromatic rings. The molecule has 1 aliphatic rings. The predicted octanol–water partition coefficient (Wildman–Crippen LogP) is 2.76. The van der Waals surface area contributed by atoms with E-state index in [1.165, 1.54) is 0 Å². The standard InChI is InChI=1S/C15H18N2O/c1-12-3-5-13(6-4-12)14(18)17-9-7-15(2,11-16)8-10-17/h3-6H,7-10H2,1-2H3. The van der Waals surface area contributed by atoms with Crippen LogP contribution in [0.15, 0.2) is 24.3 Å². The van der Waals surface area contributed by atoms with Gasteiger partial charge in [0.1, 0.15) is 0 Å². The van der Waals surface area contributed by atoms with Crippen LogP contribution in [0, 0.1) is 23.7 Å². The summed E-state index contributed by atoms with van der Waals surface area (Å²) >= 11 is 0. The van der Waals surface area contributed by atoms with Crippen molar-refractivity contribution >= 4 is 5.91 Å². The molecule has 0 saturated carbocycles. The Hall–Kier alpha value is -1.82. The number of rotatable bonds is 1. The maximum Gasteiger partial charge on any atom is 0.253 e. The van der Waals surface area contributed by atoms with Crippen LogP contribution in [0.1, 0.15) is 35.7 Å². The second-order valence-corrected chi connectivity index (χ2v) is 5.33. The van der Waals surface area contributed by atoms with E-state index in [1.807, 2.05) is 43.0 Å². The number of hydrogen-bond donors (Lipinski definition) is 0. The van der Waals surface area contributed by atoms with Crippen molar-refractivity contribution in [1.82, 2.24) is 4.90 Å². The summed E-state index contributed by atoms with van der Waals surface area (Å²) in [5, 5.41) is 9.07. The van der Waals surface area contributed by atoms with Crippen LogP contribution < -0.4 is 0 Å². The Balaban J connectivity index is 2.04. The Kier molecular flexibility index (Phi) is 3.38. The highest BCUT2D eigenvalue weighted by atomic mass is 16.2. The number of likely N-dealkylation sites (tertiary alicyclic amines) is 1. The molecule has 1 amide bonds. The Morgan fingerprint density at radius 3 is 2.33 bits per heavy atom. The fourth-order valence-electron chi connectivity index (χ4n) is 2.19. The van der Waals surface area contributed by atoms with E-state index < -0.39 is 0 Å². The molecular weight excluding hydrogens is 224 g/mol. The number of nitrogens with zero attached hydrogens (tertiary/aromatic N) is 2. The van der Waals surface area contributed by atoms with Crippen molar-refractivity contribution in [2.24, 2.45) is 5.41 Å². The largest absolute Gasteiger partial charge is 0.339 e. The van der Waals surface area contributed by atoms with E-state index in [4.69, 9.17) is 5.26 Å². The summed E-state index contributed by atoms with van der Waals surface area (Å²) < 4.78 is 0. The number of amides is 1. The van der Waals surface area contributed by atoms with Gasteiger partial charge in [0.25, 0.3) is 5.91 Å². The highest BCUT2D eigenvalue weighted by Crippen LogP contribution is 2.30. The van der Waals surface area contributed by atoms with Gasteiger partial charge in [0, 0.05) is 18.7 Å². The van der Waals surface area contributed by atoms with Crippen LogP contribution in [-0.4, -0.2) is 23.9 Å². The van der Waals surface area contributed by atoms with Crippen molar-refractivity contribution in [3.8, 4) is 6.07 Å². The van der Waals surface area contributed by atoms with Gasteiger partial charge in [-0.1, -0.05) is 17.7 Å². The minimum Gasteiger partial charge on any atom is -0.339 e. The van der Waals surface area contributed by atoms with Gasteiger partial charge in [-0.15, -0.1) is 0 Å². The minimum absolute atomic E-state index is 0.0787. The summed E-state index contributed by atoms with van der Waals surface area (Å²) in [7, 11) is 0. The third kappa shape index (κ3) is 2.53. The lowest BCUT2D eigenvalue weighted by molar-refractivity contribution is 0.0661. The Labute approximate surface area is 108 Å². The average Bonchev–Trinajstić information content (AvgIpc) is 2.40. The van der Waals surface area contributed by atoms with Crippen LogP contribution in [0.4, 0.5) is 0 Å². The van der Waals surface area contributed by atoms with Crippen molar-refractivity contribution < 1.29 is 4.79 Å². The van der Waals surface area contributed by atoms with Crippen LogP contribution >= 0.6 is 0 Å². The number of nitriles is 1. The highest BCUT2D eigenvalue weighted by Gasteiger charge is 2.31. The molecule has 1 fully saturated rings. The molecule has 0 spiro atoms. The molecule has 0 unspecified atom stereocenters. The number of carbonyl (C=O) groups is 1. The Morgan fingerprint density at radius 1 is 1.28 bits per heavy atom. The van der Waals surface area contributed by atoms with E-state index in [2.05, 4.69) is 6.07 Å². The lowest BCUT2D eigenvalue weighted by Crippen LogP contribution is -2.41. The van der Waals surface area contributed by atoms with Gasteiger partial charge in [-0.05, 0) is 38.8 Å². The second kappa shape index (κ2) is 4.81. The van der Waals surface area contributed by atoms with E-state index in [0.29, 0.717) is 13.1 Å². The summed E-state index contributed by atoms with van der Waals surface area (Å²) in [6, 6.07) is 10.0. The third-order valence-corrected chi connectivity index (χ3v) is 3.72. The molecule has 0 radical (unpaired) electrons. The van der Waals surface area contributed by atoms with Gasteiger partial charge in [-0.25, -0.2) is 0 Å². The molecular formula is C15H18N2O. The summed E-state index contributed by atoms with van der Waals surface area (Å²) in [6.07, 6.45) is 1.53. The first-order chi connectivity index (χ1) is 8.54. The van der Waals surface area contributed by atoms with Crippen molar-refractivity contribution in [3.63, 3.8) is 0 Å². The molecule has 0 aliphatic carbocycles.